The largest absolute Gasteiger partial charge is 0.492 e. The van der Waals surface area contributed by atoms with Crippen molar-refractivity contribution < 1.29 is 14.3 Å². The second kappa shape index (κ2) is 10.1. The van der Waals surface area contributed by atoms with Crippen LogP contribution in [0.1, 0.15) is 12.5 Å². The number of nitrogens with one attached hydrogen (secondary N) is 2. The molecule has 2 amide bonds. The van der Waals surface area contributed by atoms with E-state index in [1.165, 1.54) is 11.8 Å². The van der Waals surface area contributed by atoms with Crippen molar-refractivity contribution in [1.29, 1.82) is 0 Å². The number of thioether (sulfide) groups is 1. The number of ether oxygens (including phenoxy) is 1. The highest BCUT2D eigenvalue weighted by Gasteiger charge is 2.09. The zero-order valence-corrected chi connectivity index (χ0v) is 16.2. The van der Waals surface area contributed by atoms with Crippen LogP contribution in [0.15, 0.2) is 42.5 Å². The van der Waals surface area contributed by atoms with Gasteiger partial charge in [0.2, 0.25) is 11.8 Å². The van der Waals surface area contributed by atoms with Crippen molar-refractivity contribution in [1.82, 2.24) is 0 Å². The third-order valence-electron chi connectivity index (χ3n) is 3.38. The first kappa shape index (κ1) is 20.1. The number of carbonyl (C=O) groups is 2. The number of halogens is 1. The van der Waals surface area contributed by atoms with E-state index in [4.69, 9.17) is 16.3 Å². The lowest BCUT2D eigenvalue weighted by molar-refractivity contribution is -0.114. The third kappa shape index (κ3) is 6.28. The van der Waals surface area contributed by atoms with E-state index in [1.807, 2.05) is 32.0 Å². The van der Waals surface area contributed by atoms with Gasteiger partial charge >= 0.3 is 0 Å². The molecule has 0 aliphatic rings. The number of para-hydroxylation sites is 2. The Bertz CT molecular complexity index is 783. The smallest absolute Gasteiger partial charge is 0.234 e. The summed E-state index contributed by atoms with van der Waals surface area (Å²) in [4.78, 5) is 24.0. The lowest BCUT2D eigenvalue weighted by Gasteiger charge is -2.11. The molecule has 0 unspecified atom stereocenters. The molecule has 7 heteroatoms. The molecule has 26 heavy (non-hydrogen) atoms. The van der Waals surface area contributed by atoms with Gasteiger partial charge in [0.15, 0.2) is 0 Å². The van der Waals surface area contributed by atoms with Gasteiger partial charge < -0.3 is 15.4 Å². The van der Waals surface area contributed by atoms with Crippen LogP contribution in [0.5, 0.6) is 5.75 Å². The van der Waals surface area contributed by atoms with Gasteiger partial charge in [0.05, 0.1) is 23.8 Å². The van der Waals surface area contributed by atoms with Crippen LogP contribution in [-0.2, 0) is 9.59 Å². The van der Waals surface area contributed by atoms with Crippen molar-refractivity contribution in [3.63, 3.8) is 0 Å². The maximum atomic E-state index is 12.1. The number of aryl methyl sites for hydroxylation is 1. The number of anilines is 2. The van der Waals surface area contributed by atoms with E-state index in [-0.39, 0.29) is 23.3 Å². The van der Waals surface area contributed by atoms with Crippen LogP contribution in [-0.4, -0.2) is 29.9 Å². The van der Waals surface area contributed by atoms with Gasteiger partial charge in [0, 0.05) is 10.7 Å². The Morgan fingerprint density at radius 2 is 1.77 bits per heavy atom. The quantitative estimate of drug-likeness (QED) is 0.700. The normalized spacial score (nSPS) is 10.3. The second-order valence-electron chi connectivity index (χ2n) is 5.48. The molecule has 0 spiro atoms. The average molecular weight is 393 g/mol. The summed E-state index contributed by atoms with van der Waals surface area (Å²) in [5.41, 5.74) is 2.21. The minimum absolute atomic E-state index is 0.169. The third-order valence-corrected chi connectivity index (χ3v) is 4.72. The van der Waals surface area contributed by atoms with E-state index in [0.717, 1.165) is 5.56 Å². The van der Waals surface area contributed by atoms with Crippen molar-refractivity contribution in [2.75, 3.05) is 28.7 Å². The minimum Gasteiger partial charge on any atom is -0.492 e. The van der Waals surface area contributed by atoms with Crippen molar-refractivity contribution in [2.45, 2.75) is 13.8 Å². The van der Waals surface area contributed by atoms with Gasteiger partial charge in [0.1, 0.15) is 5.75 Å². The SMILES string of the molecule is CCOc1ccccc1NC(=O)CSCC(=O)Nc1ccc(C)c(Cl)c1. The summed E-state index contributed by atoms with van der Waals surface area (Å²) in [6, 6.07) is 12.6. The Labute approximate surface area is 162 Å². The maximum absolute atomic E-state index is 12.1. The first-order valence-corrected chi connectivity index (χ1v) is 9.68. The lowest BCUT2D eigenvalue weighted by atomic mass is 10.2. The lowest BCUT2D eigenvalue weighted by Crippen LogP contribution is -2.18. The average Bonchev–Trinajstić information content (AvgIpc) is 2.60. The zero-order valence-electron chi connectivity index (χ0n) is 14.7. The van der Waals surface area contributed by atoms with Gasteiger partial charge in [0.25, 0.3) is 0 Å². The molecule has 2 N–H and O–H groups in total. The molecule has 0 heterocycles. The topological polar surface area (TPSA) is 67.4 Å². The summed E-state index contributed by atoms with van der Waals surface area (Å²) in [6.07, 6.45) is 0. The molecule has 0 aliphatic heterocycles. The Morgan fingerprint density at radius 3 is 2.46 bits per heavy atom. The molecule has 0 aromatic heterocycles. The van der Waals surface area contributed by atoms with Gasteiger partial charge in [-0.2, -0.15) is 0 Å². The number of amides is 2. The molecule has 5 nitrogen and oxygen atoms in total. The summed E-state index contributed by atoms with van der Waals surface area (Å²) in [5.74, 6) is 0.599. The highest BCUT2D eigenvalue weighted by Crippen LogP contribution is 2.24. The molecule has 0 aliphatic carbocycles. The van der Waals surface area contributed by atoms with Crippen LogP contribution in [0, 0.1) is 6.92 Å². The molecule has 2 aromatic carbocycles. The minimum atomic E-state index is -0.187. The molecule has 2 rings (SSSR count). The predicted molar refractivity (Wildman–Crippen MR) is 108 cm³/mol. The van der Waals surface area contributed by atoms with Gasteiger partial charge in [-0.15, -0.1) is 11.8 Å². The van der Waals surface area contributed by atoms with E-state index in [1.54, 1.807) is 24.3 Å². The molecule has 0 radical (unpaired) electrons. The molecular weight excluding hydrogens is 372 g/mol. The van der Waals surface area contributed by atoms with Crippen LogP contribution in [0.4, 0.5) is 11.4 Å². The van der Waals surface area contributed by atoms with Crippen molar-refractivity contribution in [3.05, 3.63) is 53.1 Å². The Morgan fingerprint density at radius 1 is 1.08 bits per heavy atom. The summed E-state index contributed by atoms with van der Waals surface area (Å²) in [6.45, 7) is 4.30. The van der Waals surface area contributed by atoms with E-state index in [2.05, 4.69) is 10.6 Å². The molecule has 0 saturated heterocycles. The Hall–Kier alpha value is -2.18. The van der Waals surface area contributed by atoms with E-state index < -0.39 is 0 Å². The van der Waals surface area contributed by atoms with E-state index in [9.17, 15) is 9.59 Å². The number of rotatable bonds is 8. The highest BCUT2D eigenvalue weighted by atomic mass is 35.5. The maximum Gasteiger partial charge on any atom is 0.234 e. The second-order valence-corrected chi connectivity index (χ2v) is 6.88. The number of hydrogen-bond acceptors (Lipinski definition) is 4. The van der Waals surface area contributed by atoms with E-state index >= 15 is 0 Å². The molecule has 138 valence electrons. The van der Waals surface area contributed by atoms with Crippen LogP contribution in [0.3, 0.4) is 0 Å². The molecule has 2 aromatic rings. The highest BCUT2D eigenvalue weighted by molar-refractivity contribution is 8.00. The Balaban J connectivity index is 1.77. The molecule has 0 saturated carbocycles. The summed E-state index contributed by atoms with van der Waals surface area (Å²) < 4.78 is 5.47. The Kier molecular flexibility index (Phi) is 7.81. The fourth-order valence-electron chi connectivity index (χ4n) is 2.14. The fraction of sp³-hybridized carbons (Fsp3) is 0.263. The van der Waals surface area contributed by atoms with E-state index in [0.29, 0.717) is 28.8 Å². The van der Waals surface area contributed by atoms with Crippen LogP contribution in [0.25, 0.3) is 0 Å². The van der Waals surface area contributed by atoms with Gasteiger partial charge in [-0.05, 0) is 43.7 Å². The monoisotopic (exact) mass is 392 g/mol. The molecule has 0 atom stereocenters. The summed E-state index contributed by atoms with van der Waals surface area (Å²) >= 11 is 7.27. The summed E-state index contributed by atoms with van der Waals surface area (Å²) in [7, 11) is 0. The van der Waals surface area contributed by atoms with Gasteiger partial charge in [-0.1, -0.05) is 29.8 Å². The number of carbonyl (C=O) groups excluding carboxylic acids is 2. The van der Waals surface area contributed by atoms with Crippen LogP contribution < -0.4 is 15.4 Å². The molecule has 0 bridgehead atoms. The predicted octanol–water partition coefficient (Wildman–Crippen LogP) is 4.36. The van der Waals surface area contributed by atoms with Crippen molar-refractivity contribution in [2.24, 2.45) is 0 Å². The van der Waals surface area contributed by atoms with Crippen LogP contribution in [0.2, 0.25) is 5.02 Å². The number of benzene rings is 2. The molecule has 0 fully saturated rings. The van der Waals surface area contributed by atoms with Crippen molar-refractivity contribution in [3.8, 4) is 5.75 Å². The zero-order chi connectivity index (χ0) is 18.9. The fourth-order valence-corrected chi connectivity index (χ4v) is 2.94. The summed E-state index contributed by atoms with van der Waals surface area (Å²) in [5, 5.41) is 6.16. The van der Waals surface area contributed by atoms with Crippen molar-refractivity contribution >= 4 is 46.6 Å². The number of hydrogen-bond donors (Lipinski definition) is 2. The standard InChI is InChI=1S/C19H21ClN2O3S/c1-3-25-17-7-5-4-6-16(17)22-19(24)12-26-11-18(23)21-14-9-8-13(2)15(20)10-14/h4-10H,3,11-12H2,1-2H3,(H,21,23)(H,22,24). The van der Waals surface area contributed by atoms with Gasteiger partial charge in [-0.3, -0.25) is 9.59 Å². The first-order chi connectivity index (χ1) is 12.5. The van der Waals surface area contributed by atoms with Gasteiger partial charge in [-0.25, -0.2) is 0 Å². The first-order valence-electron chi connectivity index (χ1n) is 8.15. The van der Waals surface area contributed by atoms with Crippen LogP contribution >= 0.6 is 23.4 Å². The molecular formula is C19H21ClN2O3S.